The number of hydrogen-bond acceptors (Lipinski definition) is 3. The number of hydrogen-bond donors (Lipinski definition) is 1. The van der Waals surface area contributed by atoms with E-state index in [4.69, 9.17) is 10.5 Å². The van der Waals surface area contributed by atoms with Crippen LogP contribution in [0.2, 0.25) is 0 Å². The van der Waals surface area contributed by atoms with Crippen LogP contribution in [0.1, 0.15) is 5.56 Å². The molecule has 0 aliphatic carbocycles. The van der Waals surface area contributed by atoms with Gasteiger partial charge in [-0.25, -0.2) is 0 Å². The molecular formula is C13H13BrN2O2. The van der Waals surface area contributed by atoms with Crippen molar-refractivity contribution in [2.24, 2.45) is 0 Å². The Morgan fingerprint density at radius 2 is 2.17 bits per heavy atom. The van der Waals surface area contributed by atoms with Gasteiger partial charge in [0.25, 0.3) is 5.56 Å². The van der Waals surface area contributed by atoms with Gasteiger partial charge in [0.2, 0.25) is 0 Å². The van der Waals surface area contributed by atoms with Crippen LogP contribution in [-0.2, 0) is 6.54 Å². The topological polar surface area (TPSA) is 57.2 Å². The fourth-order valence-corrected chi connectivity index (χ4v) is 2.09. The largest absolute Gasteiger partial charge is 0.496 e. The van der Waals surface area contributed by atoms with Crippen molar-refractivity contribution in [1.29, 1.82) is 0 Å². The summed E-state index contributed by atoms with van der Waals surface area (Å²) in [5.41, 5.74) is 7.17. The van der Waals surface area contributed by atoms with Crippen LogP contribution in [0.3, 0.4) is 0 Å². The number of aromatic nitrogens is 1. The lowest BCUT2D eigenvalue weighted by Gasteiger charge is -2.11. The van der Waals surface area contributed by atoms with Crippen LogP contribution in [0.25, 0.3) is 0 Å². The summed E-state index contributed by atoms with van der Waals surface area (Å²) in [5.74, 6) is 0.682. The van der Waals surface area contributed by atoms with Gasteiger partial charge in [0.1, 0.15) is 5.75 Å². The Morgan fingerprint density at radius 1 is 1.39 bits per heavy atom. The average Bonchev–Trinajstić information content (AvgIpc) is 2.37. The van der Waals surface area contributed by atoms with Crippen molar-refractivity contribution in [3.05, 3.63) is 56.9 Å². The highest BCUT2D eigenvalue weighted by atomic mass is 79.9. The van der Waals surface area contributed by atoms with Gasteiger partial charge in [0.05, 0.1) is 18.1 Å². The lowest BCUT2D eigenvalue weighted by Crippen LogP contribution is -2.20. The molecule has 1 aromatic carbocycles. The number of rotatable bonds is 3. The minimum Gasteiger partial charge on any atom is -0.496 e. The number of methoxy groups -OCH3 is 1. The van der Waals surface area contributed by atoms with Gasteiger partial charge in [-0.05, 0) is 34.1 Å². The number of ether oxygens (including phenoxy) is 1. The lowest BCUT2D eigenvalue weighted by molar-refractivity contribution is 0.408. The van der Waals surface area contributed by atoms with Crippen molar-refractivity contribution >= 4 is 21.6 Å². The van der Waals surface area contributed by atoms with E-state index in [1.54, 1.807) is 36.1 Å². The van der Waals surface area contributed by atoms with Gasteiger partial charge < -0.3 is 15.0 Å². The van der Waals surface area contributed by atoms with Crippen LogP contribution in [0, 0.1) is 0 Å². The smallest absolute Gasteiger partial charge is 0.265 e. The first-order valence-electron chi connectivity index (χ1n) is 5.39. The maximum Gasteiger partial charge on any atom is 0.265 e. The molecule has 0 unspecified atom stereocenters. The minimum absolute atomic E-state index is 0.0728. The Kier molecular flexibility index (Phi) is 3.72. The zero-order valence-electron chi connectivity index (χ0n) is 9.89. The van der Waals surface area contributed by atoms with Crippen LogP contribution in [0.5, 0.6) is 5.75 Å². The van der Waals surface area contributed by atoms with E-state index in [2.05, 4.69) is 15.9 Å². The third-order valence-electron chi connectivity index (χ3n) is 2.63. The SMILES string of the molecule is COc1cc(N)ccc1Cn1cccc(Br)c1=O. The molecule has 0 bridgehead atoms. The van der Waals surface area contributed by atoms with Gasteiger partial charge in [-0.15, -0.1) is 0 Å². The van der Waals surface area contributed by atoms with E-state index in [-0.39, 0.29) is 5.56 Å². The summed E-state index contributed by atoms with van der Waals surface area (Å²) in [4.78, 5) is 11.9. The zero-order valence-corrected chi connectivity index (χ0v) is 11.5. The fraction of sp³-hybridized carbons (Fsp3) is 0.154. The van der Waals surface area contributed by atoms with E-state index in [1.165, 1.54) is 0 Å². The second kappa shape index (κ2) is 5.27. The monoisotopic (exact) mass is 308 g/mol. The normalized spacial score (nSPS) is 10.3. The number of nitrogens with two attached hydrogens (primary N) is 1. The Hall–Kier alpha value is -1.75. The zero-order chi connectivity index (χ0) is 13.1. The number of halogens is 1. The van der Waals surface area contributed by atoms with Crippen LogP contribution in [-0.4, -0.2) is 11.7 Å². The standard InChI is InChI=1S/C13H13BrN2O2/c1-18-12-7-10(15)5-4-9(12)8-16-6-2-3-11(14)13(16)17/h2-7H,8,15H2,1H3. The highest BCUT2D eigenvalue weighted by Gasteiger charge is 2.06. The predicted octanol–water partition coefficient (Wildman–Crippen LogP) is 2.25. The highest BCUT2D eigenvalue weighted by molar-refractivity contribution is 9.10. The lowest BCUT2D eigenvalue weighted by atomic mass is 10.2. The molecule has 2 N–H and O–H groups in total. The third kappa shape index (κ3) is 2.56. The van der Waals surface area contributed by atoms with E-state index in [9.17, 15) is 4.79 Å². The van der Waals surface area contributed by atoms with Crippen LogP contribution in [0.4, 0.5) is 5.69 Å². The van der Waals surface area contributed by atoms with E-state index in [0.29, 0.717) is 22.5 Å². The molecule has 94 valence electrons. The van der Waals surface area contributed by atoms with Gasteiger partial charge in [0.15, 0.2) is 0 Å². The molecular weight excluding hydrogens is 296 g/mol. The molecule has 18 heavy (non-hydrogen) atoms. The molecule has 1 heterocycles. The molecule has 0 fully saturated rings. The van der Waals surface area contributed by atoms with Crippen molar-refractivity contribution in [2.45, 2.75) is 6.54 Å². The minimum atomic E-state index is -0.0728. The van der Waals surface area contributed by atoms with Crippen molar-refractivity contribution in [3.8, 4) is 5.75 Å². The first kappa shape index (κ1) is 12.7. The van der Waals surface area contributed by atoms with Gasteiger partial charge in [-0.1, -0.05) is 6.07 Å². The Bertz CT molecular complexity index is 623. The summed E-state index contributed by atoms with van der Waals surface area (Å²) in [6, 6.07) is 8.94. The summed E-state index contributed by atoms with van der Waals surface area (Å²) >= 11 is 3.22. The number of nitrogens with zero attached hydrogens (tertiary/aromatic N) is 1. The molecule has 2 aromatic rings. The van der Waals surface area contributed by atoms with E-state index in [1.807, 2.05) is 12.1 Å². The Balaban J connectivity index is 2.40. The molecule has 0 spiro atoms. The molecule has 5 heteroatoms. The second-order valence-corrected chi connectivity index (χ2v) is 4.71. The second-order valence-electron chi connectivity index (χ2n) is 3.86. The number of nitrogen functional groups attached to an aromatic ring is 1. The summed E-state index contributed by atoms with van der Waals surface area (Å²) in [6.07, 6.45) is 1.74. The molecule has 1 aromatic heterocycles. The van der Waals surface area contributed by atoms with Crippen LogP contribution < -0.4 is 16.0 Å². The molecule has 0 aliphatic heterocycles. The summed E-state index contributed by atoms with van der Waals surface area (Å²) < 4.78 is 7.41. The van der Waals surface area contributed by atoms with E-state index in [0.717, 1.165) is 5.56 Å². The van der Waals surface area contributed by atoms with Gasteiger partial charge in [-0.2, -0.15) is 0 Å². The number of benzene rings is 1. The molecule has 0 saturated carbocycles. The first-order valence-corrected chi connectivity index (χ1v) is 6.18. The van der Waals surface area contributed by atoms with Crippen molar-refractivity contribution < 1.29 is 4.74 Å². The summed E-state index contributed by atoms with van der Waals surface area (Å²) in [5, 5.41) is 0. The maximum atomic E-state index is 11.9. The Morgan fingerprint density at radius 3 is 2.89 bits per heavy atom. The number of pyridine rings is 1. The van der Waals surface area contributed by atoms with Gasteiger partial charge in [-0.3, -0.25) is 4.79 Å². The molecule has 0 radical (unpaired) electrons. The Labute approximate surface area is 113 Å². The average molecular weight is 309 g/mol. The molecule has 0 aliphatic rings. The molecule has 0 atom stereocenters. The summed E-state index contributed by atoms with van der Waals surface area (Å²) in [7, 11) is 1.59. The maximum absolute atomic E-state index is 11.9. The van der Waals surface area contributed by atoms with E-state index < -0.39 is 0 Å². The van der Waals surface area contributed by atoms with Crippen molar-refractivity contribution in [1.82, 2.24) is 4.57 Å². The first-order chi connectivity index (χ1) is 8.61. The van der Waals surface area contributed by atoms with Crippen molar-refractivity contribution in [3.63, 3.8) is 0 Å². The quantitative estimate of drug-likeness (QED) is 0.885. The highest BCUT2D eigenvalue weighted by Crippen LogP contribution is 2.22. The summed E-state index contributed by atoms with van der Waals surface area (Å²) in [6.45, 7) is 0.446. The van der Waals surface area contributed by atoms with Gasteiger partial charge >= 0.3 is 0 Å². The van der Waals surface area contributed by atoms with Gasteiger partial charge in [0, 0.05) is 23.5 Å². The number of anilines is 1. The molecule has 2 rings (SSSR count). The molecule has 0 saturated heterocycles. The van der Waals surface area contributed by atoms with Crippen molar-refractivity contribution in [2.75, 3.05) is 12.8 Å². The third-order valence-corrected chi connectivity index (χ3v) is 3.23. The molecule has 0 amide bonds. The fourth-order valence-electron chi connectivity index (χ4n) is 1.71. The predicted molar refractivity (Wildman–Crippen MR) is 74.9 cm³/mol. The van der Waals surface area contributed by atoms with E-state index >= 15 is 0 Å². The van der Waals surface area contributed by atoms with Crippen LogP contribution >= 0.6 is 15.9 Å². The molecule has 4 nitrogen and oxygen atoms in total. The van der Waals surface area contributed by atoms with Crippen LogP contribution in [0.15, 0.2) is 45.8 Å².